The molecule has 0 aliphatic heterocycles. The summed E-state index contributed by atoms with van der Waals surface area (Å²) < 4.78 is 1.48. The standard InChI is InChI=1S/C16H13ClN4O3/c17-13-3-1-10(2-4-13)15-12(7-11(8-18)16(23)24)9-21(20-15)6-5-14(19)22/h1-4,7,9H,5-6H2,(H2,19,22)(H,23,24)/b11-7+. The number of carboxylic acid groups (broad SMARTS) is 1. The van der Waals surface area contributed by atoms with Gasteiger partial charge in [-0.1, -0.05) is 23.7 Å². The van der Waals surface area contributed by atoms with Gasteiger partial charge in [0.25, 0.3) is 0 Å². The highest BCUT2D eigenvalue weighted by atomic mass is 35.5. The van der Waals surface area contributed by atoms with Gasteiger partial charge in [-0.25, -0.2) is 4.79 Å². The van der Waals surface area contributed by atoms with Crippen LogP contribution < -0.4 is 5.73 Å². The Morgan fingerprint density at radius 3 is 2.58 bits per heavy atom. The molecule has 0 bridgehead atoms. The number of nitriles is 1. The number of aliphatic carboxylic acids is 1. The van der Waals surface area contributed by atoms with Crippen molar-refractivity contribution >= 4 is 29.6 Å². The van der Waals surface area contributed by atoms with Crippen molar-refractivity contribution in [2.45, 2.75) is 13.0 Å². The second-order valence-corrected chi connectivity index (χ2v) is 5.33. The summed E-state index contributed by atoms with van der Waals surface area (Å²) in [6.45, 7) is 0.249. The summed E-state index contributed by atoms with van der Waals surface area (Å²) in [5.74, 6) is -1.80. The lowest BCUT2D eigenvalue weighted by Gasteiger charge is -2.00. The van der Waals surface area contributed by atoms with Crippen molar-refractivity contribution in [2.24, 2.45) is 5.73 Å². The van der Waals surface area contributed by atoms with Crippen molar-refractivity contribution in [3.05, 3.63) is 46.6 Å². The van der Waals surface area contributed by atoms with Gasteiger partial charge in [-0.05, 0) is 18.2 Å². The Labute approximate surface area is 142 Å². The Morgan fingerprint density at radius 1 is 1.38 bits per heavy atom. The molecule has 1 aromatic heterocycles. The Hall–Kier alpha value is -3.11. The summed E-state index contributed by atoms with van der Waals surface area (Å²) in [7, 11) is 0. The number of nitrogens with two attached hydrogens (primary N) is 1. The van der Waals surface area contributed by atoms with Gasteiger partial charge in [0.15, 0.2) is 0 Å². The first kappa shape index (κ1) is 17.2. The van der Waals surface area contributed by atoms with E-state index >= 15 is 0 Å². The molecular formula is C16H13ClN4O3. The van der Waals surface area contributed by atoms with Gasteiger partial charge in [0.05, 0.1) is 5.69 Å². The molecule has 2 aromatic rings. The summed E-state index contributed by atoms with van der Waals surface area (Å²) in [5.41, 5.74) is 6.33. The number of benzene rings is 1. The fraction of sp³-hybridized carbons (Fsp3) is 0.125. The number of carboxylic acids is 1. The third-order valence-corrected chi connectivity index (χ3v) is 3.40. The van der Waals surface area contributed by atoms with Gasteiger partial charge >= 0.3 is 5.97 Å². The zero-order valence-electron chi connectivity index (χ0n) is 12.4. The molecule has 0 radical (unpaired) electrons. The van der Waals surface area contributed by atoms with Gasteiger partial charge in [0.2, 0.25) is 5.91 Å². The van der Waals surface area contributed by atoms with Crippen molar-refractivity contribution in [1.29, 1.82) is 5.26 Å². The Morgan fingerprint density at radius 2 is 2.04 bits per heavy atom. The summed E-state index contributed by atoms with van der Waals surface area (Å²) >= 11 is 5.87. The quantitative estimate of drug-likeness (QED) is 0.613. The van der Waals surface area contributed by atoms with Gasteiger partial charge < -0.3 is 10.8 Å². The number of carbonyl (C=O) groups excluding carboxylic acids is 1. The lowest BCUT2D eigenvalue weighted by Crippen LogP contribution is -2.14. The van der Waals surface area contributed by atoms with E-state index in [0.29, 0.717) is 21.8 Å². The maximum atomic E-state index is 11.1. The van der Waals surface area contributed by atoms with Crippen molar-refractivity contribution in [2.75, 3.05) is 0 Å². The average molecular weight is 345 g/mol. The predicted molar refractivity (Wildman–Crippen MR) is 87.7 cm³/mol. The molecule has 2 rings (SSSR count). The third kappa shape index (κ3) is 4.21. The molecule has 0 unspecified atom stereocenters. The number of amides is 1. The van der Waals surface area contributed by atoms with Crippen LogP contribution in [0.4, 0.5) is 0 Å². The Bertz CT molecular complexity index is 847. The zero-order valence-corrected chi connectivity index (χ0v) is 13.2. The molecule has 3 N–H and O–H groups in total. The van der Waals surface area contributed by atoms with Gasteiger partial charge in [-0.2, -0.15) is 10.4 Å². The number of rotatable bonds is 6. The van der Waals surface area contributed by atoms with Crippen molar-refractivity contribution in [3.8, 4) is 17.3 Å². The van der Waals surface area contributed by atoms with Crippen molar-refractivity contribution in [3.63, 3.8) is 0 Å². The Kier molecular flexibility index (Phi) is 5.35. The smallest absolute Gasteiger partial charge is 0.346 e. The van der Waals surface area contributed by atoms with E-state index in [2.05, 4.69) is 5.10 Å². The number of nitrogens with zero attached hydrogens (tertiary/aromatic N) is 3. The van der Waals surface area contributed by atoms with Gasteiger partial charge in [0, 0.05) is 35.3 Å². The van der Waals surface area contributed by atoms with E-state index in [1.165, 1.54) is 10.8 Å². The first-order chi connectivity index (χ1) is 11.4. The minimum Gasteiger partial charge on any atom is -0.477 e. The van der Waals surface area contributed by atoms with Crippen LogP contribution in [0.25, 0.3) is 17.3 Å². The molecule has 0 aliphatic carbocycles. The normalized spacial score (nSPS) is 11.1. The first-order valence-electron chi connectivity index (χ1n) is 6.87. The summed E-state index contributed by atoms with van der Waals surface area (Å²) in [4.78, 5) is 22.0. The number of carbonyl (C=O) groups is 2. The number of hydrogen-bond donors (Lipinski definition) is 2. The summed E-state index contributed by atoms with van der Waals surface area (Å²) in [5, 5.41) is 22.8. The topological polar surface area (TPSA) is 122 Å². The van der Waals surface area contributed by atoms with Crippen LogP contribution in [0.1, 0.15) is 12.0 Å². The second-order valence-electron chi connectivity index (χ2n) is 4.89. The van der Waals surface area contributed by atoms with Crippen LogP contribution in [0.5, 0.6) is 0 Å². The van der Waals surface area contributed by atoms with Crippen LogP contribution in [-0.4, -0.2) is 26.8 Å². The number of primary amides is 1. The summed E-state index contributed by atoms with van der Waals surface area (Å²) in [6, 6.07) is 8.44. The monoisotopic (exact) mass is 344 g/mol. The molecule has 1 aromatic carbocycles. The van der Waals surface area contributed by atoms with Gasteiger partial charge in [-0.15, -0.1) is 0 Å². The predicted octanol–water partition coefficient (Wildman–Crippen LogP) is 2.07. The average Bonchev–Trinajstić information content (AvgIpc) is 2.94. The van der Waals surface area contributed by atoms with E-state index in [1.54, 1.807) is 36.5 Å². The van der Waals surface area contributed by atoms with Crippen LogP contribution in [0, 0.1) is 11.3 Å². The molecule has 0 saturated heterocycles. The molecular weight excluding hydrogens is 332 g/mol. The zero-order chi connectivity index (χ0) is 17.7. The molecule has 0 saturated carbocycles. The van der Waals surface area contributed by atoms with Crippen molar-refractivity contribution < 1.29 is 14.7 Å². The SMILES string of the molecule is N#C/C(=C\c1cn(CCC(N)=O)nc1-c1ccc(Cl)cc1)C(=O)O. The van der Waals surface area contributed by atoms with E-state index < -0.39 is 17.4 Å². The maximum absolute atomic E-state index is 11.1. The van der Waals surface area contributed by atoms with E-state index in [-0.39, 0.29) is 13.0 Å². The first-order valence-corrected chi connectivity index (χ1v) is 7.25. The van der Waals surface area contributed by atoms with Crippen LogP contribution in [0.2, 0.25) is 5.02 Å². The Balaban J connectivity index is 2.50. The highest BCUT2D eigenvalue weighted by Crippen LogP contribution is 2.25. The number of halogens is 1. The van der Waals surface area contributed by atoms with Crippen LogP contribution >= 0.6 is 11.6 Å². The molecule has 1 amide bonds. The molecule has 1 heterocycles. The van der Waals surface area contributed by atoms with E-state index in [0.717, 1.165) is 0 Å². The highest BCUT2D eigenvalue weighted by Gasteiger charge is 2.14. The molecule has 0 fully saturated rings. The fourth-order valence-electron chi connectivity index (χ4n) is 2.01. The third-order valence-electron chi connectivity index (χ3n) is 3.15. The van der Waals surface area contributed by atoms with Crippen LogP contribution in [0.15, 0.2) is 36.0 Å². The lowest BCUT2D eigenvalue weighted by molar-refractivity contribution is -0.132. The number of hydrogen-bond acceptors (Lipinski definition) is 4. The maximum Gasteiger partial charge on any atom is 0.346 e. The largest absolute Gasteiger partial charge is 0.477 e. The van der Waals surface area contributed by atoms with Gasteiger partial charge in [-0.3, -0.25) is 9.48 Å². The summed E-state index contributed by atoms with van der Waals surface area (Å²) in [6.07, 6.45) is 2.89. The minimum absolute atomic E-state index is 0.0922. The molecule has 24 heavy (non-hydrogen) atoms. The molecule has 0 spiro atoms. The fourth-order valence-corrected chi connectivity index (χ4v) is 2.14. The molecule has 0 atom stereocenters. The minimum atomic E-state index is -1.33. The highest BCUT2D eigenvalue weighted by molar-refractivity contribution is 6.30. The van der Waals surface area contributed by atoms with E-state index in [1.807, 2.05) is 0 Å². The van der Waals surface area contributed by atoms with Crippen LogP contribution in [-0.2, 0) is 16.1 Å². The second kappa shape index (κ2) is 7.44. The molecule has 7 nitrogen and oxygen atoms in total. The van der Waals surface area contributed by atoms with E-state index in [4.69, 9.17) is 27.7 Å². The number of aromatic nitrogens is 2. The molecule has 8 heteroatoms. The van der Waals surface area contributed by atoms with Crippen LogP contribution in [0.3, 0.4) is 0 Å². The molecule has 122 valence electrons. The lowest BCUT2D eigenvalue weighted by atomic mass is 10.1. The number of aryl methyl sites for hydroxylation is 1. The van der Waals surface area contributed by atoms with Crippen molar-refractivity contribution in [1.82, 2.24) is 9.78 Å². The molecule has 0 aliphatic rings. The van der Waals surface area contributed by atoms with E-state index in [9.17, 15) is 9.59 Å². The van der Waals surface area contributed by atoms with Gasteiger partial charge in [0.1, 0.15) is 11.6 Å².